The standard InChI is InChI=1S/C17H9NO3/c19-17-13-6-2-1-5-11(13)12-7-3-4-10-8-9-14(18(20)21)16(17)15(10)12/h1-9H. The summed E-state index contributed by atoms with van der Waals surface area (Å²) < 4.78 is 0. The lowest BCUT2D eigenvalue weighted by Gasteiger charge is -2.19. The highest BCUT2D eigenvalue weighted by molar-refractivity contribution is 6.27. The number of fused-ring (bicyclic) bond motifs is 2. The van der Waals surface area contributed by atoms with Crippen LogP contribution in [0.15, 0.2) is 54.6 Å². The monoisotopic (exact) mass is 275 g/mol. The van der Waals surface area contributed by atoms with E-state index in [9.17, 15) is 14.9 Å². The topological polar surface area (TPSA) is 60.2 Å². The number of nitrogens with zero attached hydrogens (tertiary/aromatic N) is 1. The molecule has 0 fully saturated rings. The van der Waals surface area contributed by atoms with Crippen molar-refractivity contribution >= 4 is 22.2 Å². The third-order valence-electron chi connectivity index (χ3n) is 3.91. The minimum absolute atomic E-state index is 0.130. The average molecular weight is 275 g/mol. The van der Waals surface area contributed by atoms with Crippen molar-refractivity contribution in [3.05, 3.63) is 75.8 Å². The highest BCUT2D eigenvalue weighted by Crippen LogP contribution is 2.42. The number of carbonyl (C=O) groups excluding carboxylic acids is 1. The Balaban J connectivity index is 2.27. The highest BCUT2D eigenvalue weighted by Gasteiger charge is 2.31. The van der Waals surface area contributed by atoms with Gasteiger partial charge in [-0.25, -0.2) is 0 Å². The van der Waals surface area contributed by atoms with Crippen LogP contribution in [0.25, 0.3) is 21.9 Å². The molecule has 1 aliphatic carbocycles. The highest BCUT2D eigenvalue weighted by atomic mass is 16.6. The van der Waals surface area contributed by atoms with Crippen LogP contribution in [0.4, 0.5) is 5.69 Å². The molecule has 21 heavy (non-hydrogen) atoms. The molecule has 0 amide bonds. The lowest BCUT2D eigenvalue weighted by molar-refractivity contribution is -0.385. The van der Waals surface area contributed by atoms with Gasteiger partial charge < -0.3 is 0 Å². The second kappa shape index (κ2) is 3.99. The lowest BCUT2D eigenvalue weighted by atomic mass is 9.82. The van der Waals surface area contributed by atoms with E-state index in [0.717, 1.165) is 16.5 Å². The van der Waals surface area contributed by atoms with E-state index in [1.165, 1.54) is 6.07 Å². The van der Waals surface area contributed by atoms with Gasteiger partial charge in [0, 0.05) is 17.0 Å². The molecule has 4 rings (SSSR count). The first kappa shape index (κ1) is 11.8. The van der Waals surface area contributed by atoms with Crippen molar-refractivity contribution in [2.75, 3.05) is 0 Å². The number of rotatable bonds is 1. The predicted octanol–water partition coefficient (Wildman–Crippen LogP) is 3.96. The van der Waals surface area contributed by atoms with Crippen LogP contribution in [0.5, 0.6) is 0 Å². The quantitative estimate of drug-likeness (QED) is 0.390. The fourth-order valence-electron chi connectivity index (χ4n) is 3.03. The van der Waals surface area contributed by atoms with Gasteiger partial charge in [-0.15, -0.1) is 0 Å². The Bertz CT molecular complexity index is 944. The molecule has 4 heteroatoms. The molecule has 0 aliphatic heterocycles. The van der Waals surface area contributed by atoms with Crippen LogP contribution >= 0.6 is 0 Å². The van der Waals surface area contributed by atoms with E-state index in [4.69, 9.17) is 0 Å². The number of hydrogen-bond acceptors (Lipinski definition) is 3. The summed E-state index contributed by atoms with van der Waals surface area (Å²) in [6, 6.07) is 16.0. The summed E-state index contributed by atoms with van der Waals surface area (Å²) in [5.74, 6) is -0.276. The molecule has 0 radical (unpaired) electrons. The van der Waals surface area contributed by atoms with E-state index >= 15 is 0 Å². The van der Waals surface area contributed by atoms with Gasteiger partial charge in [-0.05, 0) is 22.6 Å². The third-order valence-corrected chi connectivity index (χ3v) is 3.91. The van der Waals surface area contributed by atoms with Gasteiger partial charge in [-0.1, -0.05) is 42.5 Å². The smallest absolute Gasteiger partial charge is 0.281 e. The second-order valence-electron chi connectivity index (χ2n) is 5.00. The van der Waals surface area contributed by atoms with Gasteiger partial charge >= 0.3 is 0 Å². The zero-order valence-corrected chi connectivity index (χ0v) is 10.9. The van der Waals surface area contributed by atoms with E-state index in [2.05, 4.69) is 0 Å². The number of ketones is 1. The first-order chi connectivity index (χ1) is 10.2. The minimum atomic E-state index is -0.489. The van der Waals surface area contributed by atoms with Crippen molar-refractivity contribution in [3.63, 3.8) is 0 Å². The van der Waals surface area contributed by atoms with Crippen LogP contribution in [0.2, 0.25) is 0 Å². The van der Waals surface area contributed by atoms with Crippen molar-refractivity contribution in [2.45, 2.75) is 0 Å². The number of hydrogen-bond donors (Lipinski definition) is 0. The lowest BCUT2D eigenvalue weighted by Crippen LogP contribution is -2.12. The molecule has 3 aromatic carbocycles. The van der Waals surface area contributed by atoms with E-state index in [-0.39, 0.29) is 17.0 Å². The van der Waals surface area contributed by atoms with E-state index < -0.39 is 4.92 Å². The molecule has 0 saturated heterocycles. The van der Waals surface area contributed by atoms with Crippen LogP contribution in [0, 0.1) is 10.1 Å². The summed E-state index contributed by atoms with van der Waals surface area (Å²) >= 11 is 0. The fraction of sp³-hybridized carbons (Fsp3) is 0. The van der Waals surface area contributed by atoms with Crippen molar-refractivity contribution in [1.29, 1.82) is 0 Å². The van der Waals surface area contributed by atoms with Crippen molar-refractivity contribution in [2.24, 2.45) is 0 Å². The Morgan fingerprint density at radius 1 is 0.810 bits per heavy atom. The normalized spacial score (nSPS) is 12.3. The Kier molecular flexibility index (Phi) is 2.24. The molecule has 1 aliphatic rings. The van der Waals surface area contributed by atoms with Gasteiger partial charge in [0.05, 0.1) is 4.92 Å². The molecule has 0 unspecified atom stereocenters. The Labute approximate surface area is 119 Å². The molecule has 0 N–H and O–H groups in total. The Hall–Kier alpha value is -3.01. The van der Waals surface area contributed by atoms with Gasteiger partial charge in [-0.3, -0.25) is 14.9 Å². The van der Waals surface area contributed by atoms with Gasteiger partial charge in [0.2, 0.25) is 5.78 Å². The molecule has 0 spiro atoms. The molecule has 0 atom stereocenters. The van der Waals surface area contributed by atoms with E-state index in [1.54, 1.807) is 18.2 Å². The molecule has 0 saturated carbocycles. The van der Waals surface area contributed by atoms with Gasteiger partial charge in [0.1, 0.15) is 5.56 Å². The SMILES string of the molecule is O=C1c2ccccc2-c2cccc3ccc([N+](=O)[O-])c1c23. The van der Waals surface area contributed by atoms with Crippen molar-refractivity contribution in [3.8, 4) is 11.1 Å². The summed E-state index contributed by atoms with van der Waals surface area (Å²) in [6.45, 7) is 0. The predicted molar refractivity (Wildman–Crippen MR) is 79.5 cm³/mol. The minimum Gasteiger partial charge on any atom is -0.288 e. The summed E-state index contributed by atoms with van der Waals surface area (Å²) in [6.07, 6.45) is 0. The van der Waals surface area contributed by atoms with Crippen LogP contribution in [0.3, 0.4) is 0 Å². The summed E-state index contributed by atoms with van der Waals surface area (Å²) in [5.41, 5.74) is 2.30. The first-order valence-corrected chi connectivity index (χ1v) is 6.52. The molecule has 0 aromatic heterocycles. The molecule has 3 aromatic rings. The molecule has 4 nitrogen and oxygen atoms in total. The number of benzene rings is 3. The van der Waals surface area contributed by atoms with Gasteiger partial charge in [0.15, 0.2) is 0 Å². The van der Waals surface area contributed by atoms with Crippen LogP contribution in [-0.2, 0) is 0 Å². The maximum absolute atomic E-state index is 12.7. The van der Waals surface area contributed by atoms with Crippen molar-refractivity contribution in [1.82, 2.24) is 0 Å². The van der Waals surface area contributed by atoms with Crippen LogP contribution < -0.4 is 0 Å². The number of nitro groups is 1. The average Bonchev–Trinajstić information content (AvgIpc) is 2.51. The first-order valence-electron chi connectivity index (χ1n) is 6.52. The molecular weight excluding hydrogens is 266 g/mol. The summed E-state index contributed by atoms with van der Waals surface area (Å²) in [4.78, 5) is 23.5. The Morgan fingerprint density at radius 2 is 1.52 bits per heavy atom. The summed E-state index contributed by atoms with van der Waals surface area (Å²) in [5, 5.41) is 12.8. The maximum atomic E-state index is 12.7. The van der Waals surface area contributed by atoms with Gasteiger partial charge in [0.25, 0.3) is 5.69 Å². The van der Waals surface area contributed by atoms with E-state index in [1.807, 2.05) is 30.3 Å². The molecule has 0 bridgehead atoms. The zero-order valence-electron chi connectivity index (χ0n) is 10.9. The second-order valence-corrected chi connectivity index (χ2v) is 5.00. The van der Waals surface area contributed by atoms with Crippen LogP contribution in [0.1, 0.15) is 15.9 Å². The fourth-order valence-corrected chi connectivity index (χ4v) is 3.03. The van der Waals surface area contributed by atoms with Crippen LogP contribution in [-0.4, -0.2) is 10.7 Å². The molecular formula is C17H9NO3. The van der Waals surface area contributed by atoms with E-state index in [0.29, 0.717) is 10.9 Å². The molecule has 0 heterocycles. The number of carbonyl (C=O) groups is 1. The number of nitro benzene ring substituents is 1. The zero-order chi connectivity index (χ0) is 14.6. The van der Waals surface area contributed by atoms with Gasteiger partial charge in [-0.2, -0.15) is 0 Å². The largest absolute Gasteiger partial charge is 0.288 e. The maximum Gasteiger partial charge on any atom is 0.281 e. The third kappa shape index (κ3) is 1.47. The summed E-state index contributed by atoms with van der Waals surface area (Å²) in [7, 11) is 0. The molecule has 100 valence electrons. The Morgan fingerprint density at radius 3 is 2.29 bits per heavy atom. The van der Waals surface area contributed by atoms with Crippen molar-refractivity contribution < 1.29 is 9.72 Å².